The Morgan fingerprint density at radius 2 is 2.20 bits per heavy atom. The first-order valence-corrected chi connectivity index (χ1v) is 4.92. The van der Waals surface area contributed by atoms with Gasteiger partial charge in [-0.3, -0.25) is 0 Å². The Morgan fingerprint density at radius 1 is 1.47 bits per heavy atom. The summed E-state index contributed by atoms with van der Waals surface area (Å²) in [5.41, 5.74) is 0.501. The smallest absolute Gasteiger partial charge is 0.130 e. The highest BCUT2D eigenvalue weighted by atomic mass is 19.1. The van der Waals surface area contributed by atoms with Gasteiger partial charge in [-0.05, 0) is 26.0 Å². The molecular weight excluding hydrogens is 196 g/mol. The SMILES string of the molecule is C=CCCC(NC)c1ccc(F)cc1F. The van der Waals surface area contributed by atoms with Gasteiger partial charge in [0.2, 0.25) is 0 Å². The Hall–Kier alpha value is -1.22. The molecule has 1 unspecified atom stereocenters. The van der Waals surface area contributed by atoms with Crippen LogP contribution in [-0.2, 0) is 0 Å². The van der Waals surface area contributed by atoms with Gasteiger partial charge < -0.3 is 5.32 Å². The molecule has 15 heavy (non-hydrogen) atoms. The summed E-state index contributed by atoms with van der Waals surface area (Å²) in [6.07, 6.45) is 3.33. The average molecular weight is 211 g/mol. The van der Waals surface area contributed by atoms with Crippen LogP contribution in [0.15, 0.2) is 30.9 Å². The van der Waals surface area contributed by atoms with Crippen LogP contribution in [0.2, 0.25) is 0 Å². The summed E-state index contributed by atoms with van der Waals surface area (Å²) in [5.74, 6) is -1.05. The summed E-state index contributed by atoms with van der Waals surface area (Å²) >= 11 is 0. The van der Waals surface area contributed by atoms with Crippen molar-refractivity contribution in [1.82, 2.24) is 5.32 Å². The first-order chi connectivity index (χ1) is 7.19. The van der Waals surface area contributed by atoms with E-state index in [0.717, 1.165) is 18.9 Å². The molecule has 0 aliphatic rings. The summed E-state index contributed by atoms with van der Waals surface area (Å²) in [4.78, 5) is 0. The number of hydrogen-bond acceptors (Lipinski definition) is 1. The van der Waals surface area contributed by atoms with E-state index in [4.69, 9.17) is 0 Å². The van der Waals surface area contributed by atoms with Crippen LogP contribution < -0.4 is 5.32 Å². The van der Waals surface area contributed by atoms with Crippen LogP contribution >= 0.6 is 0 Å². The molecule has 0 aliphatic heterocycles. The van der Waals surface area contributed by atoms with E-state index in [0.29, 0.717) is 5.56 Å². The van der Waals surface area contributed by atoms with Crippen LogP contribution in [0.3, 0.4) is 0 Å². The van der Waals surface area contributed by atoms with E-state index in [2.05, 4.69) is 11.9 Å². The van der Waals surface area contributed by atoms with Crippen LogP contribution in [0.25, 0.3) is 0 Å². The number of hydrogen-bond donors (Lipinski definition) is 1. The molecule has 0 aliphatic carbocycles. The lowest BCUT2D eigenvalue weighted by atomic mass is 10.0. The highest BCUT2D eigenvalue weighted by molar-refractivity contribution is 5.22. The summed E-state index contributed by atoms with van der Waals surface area (Å²) in [6, 6.07) is 3.57. The zero-order valence-corrected chi connectivity index (χ0v) is 8.76. The highest BCUT2D eigenvalue weighted by Crippen LogP contribution is 2.21. The van der Waals surface area contributed by atoms with Gasteiger partial charge in [0.25, 0.3) is 0 Å². The van der Waals surface area contributed by atoms with E-state index in [-0.39, 0.29) is 6.04 Å². The minimum Gasteiger partial charge on any atom is -0.313 e. The van der Waals surface area contributed by atoms with Crippen molar-refractivity contribution in [3.8, 4) is 0 Å². The van der Waals surface area contributed by atoms with E-state index >= 15 is 0 Å². The Kier molecular flexibility index (Phi) is 4.43. The number of allylic oxidation sites excluding steroid dienone is 1. The minimum atomic E-state index is -0.546. The molecule has 0 radical (unpaired) electrons. The fourth-order valence-corrected chi connectivity index (χ4v) is 1.52. The normalized spacial score (nSPS) is 12.5. The predicted octanol–water partition coefficient (Wildman–Crippen LogP) is 3.19. The van der Waals surface area contributed by atoms with Gasteiger partial charge in [-0.1, -0.05) is 12.1 Å². The van der Waals surface area contributed by atoms with Gasteiger partial charge in [-0.25, -0.2) is 8.78 Å². The van der Waals surface area contributed by atoms with Gasteiger partial charge >= 0.3 is 0 Å². The van der Waals surface area contributed by atoms with E-state index in [1.54, 1.807) is 13.1 Å². The standard InChI is InChI=1S/C12H15F2N/c1-3-4-5-12(15-2)10-7-6-9(13)8-11(10)14/h3,6-8,12,15H,1,4-5H2,2H3. The summed E-state index contributed by atoms with van der Waals surface area (Å²) in [6.45, 7) is 3.62. The number of rotatable bonds is 5. The molecule has 0 amide bonds. The lowest BCUT2D eigenvalue weighted by molar-refractivity contribution is 0.504. The van der Waals surface area contributed by atoms with E-state index in [1.807, 2.05) is 0 Å². The zero-order valence-electron chi connectivity index (χ0n) is 8.76. The Labute approximate surface area is 88.8 Å². The van der Waals surface area contributed by atoms with Gasteiger partial charge in [0.15, 0.2) is 0 Å². The topological polar surface area (TPSA) is 12.0 Å². The monoisotopic (exact) mass is 211 g/mol. The lowest BCUT2D eigenvalue weighted by Crippen LogP contribution is -2.17. The van der Waals surface area contributed by atoms with Gasteiger partial charge in [0.1, 0.15) is 11.6 Å². The molecule has 1 atom stereocenters. The molecule has 0 saturated carbocycles. The van der Waals surface area contributed by atoms with Crippen LogP contribution in [0, 0.1) is 11.6 Å². The van der Waals surface area contributed by atoms with Crippen molar-refractivity contribution in [3.05, 3.63) is 48.1 Å². The molecule has 3 heteroatoms. The molecule has 1 rings (SSSR count). The molecule has 82 valence electrons. The molecule has 1 nitrogen and oxygen atoms in total. The summed E-state index contributed by atoms with van der Waals surface area (Å²) < 4.78 is 26.1. The quantitative estimate of drug-likeness (QED) is 0.737. The van der Waals surface area contributed by atoms with Crippen molar-refractivity contribution in [3.63, 3.8) is 0 Å². The molecule has 0 spiro atoms. The predicted molar refractivity (Wildman–Crippen MR) is 57.6 cm³/mol. The highest BCUT2D eigenvalue weighted by Gasteiger charge is 2.13. The van der Waals surface area contributed by atoms with E-state index in [1.165, 1.54) is 12.1 Å². The second-order valence-electron chi connectivity index (χ2n) is 3.37. The molecule has 0 saturated heterocycles. The molecular formula is C12H15F2N. The number of benzene rings is 1. The zero-order chi connectivity index (χ0) is 11.3. The molecule has 0 fully saturated rings. The molecule has 0 bridgehead atoms. The Bertz CT molecular complexity index is 336. The first-order valence-electron chi connectivity index (χ1n) is 4.92. The fraction of sp³-hybridized carbons (Fsp3) is 0.333. The second-order valence-corrected chi connectivity index (χ2v) is 3.37. The third-order valence-electron chi connectivity index (χ3n) is 2.35. The average Bonchev–Trinajstić information content (AvgIpc) is 2.21. The third-order valence-corrected chi connectivity index (χ3v) is 2.35. The summed E-state index contributed by atoms with van der Waals surface area (Å²) in [7, 11) is 1.76. The number of nitrogens with one attached hydrogen (secondary N) is 1. The third kappa shape index (κ3) is 3.13. The second kappa shape index (κ2) is 5.61. The first kappa shape index (κ1) is 11.9. The largest absolute Gasteiger partial charge is 0.313 e. The number of halogens is 2. The van der Waals surface area contributed by atoms with Crippen molar-refractivity contribution < 1.29 is 8.78 Å². The van der Waals surface area contributed by atoms with Gasteiger partial charge in [-0.15, -0.1) is 6.58 Å². The van der Waals surface area contributed by atoms with Crippen molar-refractivity contribution in [2.45, 2.75) is 18.9 Å². The molecule has 1 aromatic carbocycles. The lowest BCUT2D eigenvalue weighted by Gasteiger charge is -2.16. The van der Waals surface area contributed by atoms with Crippen molar-refractivity contribution in [2.75, 3.05) is 7.05 Å². The van der Waals surface area contributed by atoms with Crippen molar-refractivity contribution >= 4 is 0 Å². The molecule has 1 aromatic rings. The van der Waals surface area contributed by atoms with Gasteiger partial charge in [0.05, 0.1) is 0 Å². The molecule has 0 aromatic heterocycles. The van der Waals surface area contributed by atoms with E-state index in [9.17, 15) is 8.78 Å². The van der Waals surface area contributed by atoms with Gasteiger partial charge in [-0.2, -0.15) is 0 Å². The van der Waals surface area contributed by atoms with Crippen molar-refractivity contribution in [2.24, 2.45) is 0 Å². The minimum absolute atomic E-state index is 0.0939. The van der Waals surface area contributed by atoms with Gasteiger partial charge in [0, 0.05) is 17.7 Å². The van der Waals surface area contributed by atoms with Crippen LogP contribution in [0.4, 0.5) is 8.78 Å². The van der Waals surface area contributed by atoms with Crippen LogP contribution in [-0.4, -0.2) is 7.05 Å². The van der Waals surface area contributed by atoms with Crippen LogP contribution in [0.5, 0.6) is 0 Å². The Balaban J connectivity index is 2.86. The summed E-state index contributed by atoms with van der Waals surface area (Å²) in [5, 5.41) is 3.00. The van der Waals surface area contributed by atoms with Crippen molar-refractivity contribution in [1.29, 1.82) is 0 Å². The maximum Gasteiger partial charge on any atom is 0.130 e. The fourth-order valence-electron chi connectivity index (χ4n) is 1.52. The van der Waals surface area contributed by atoms with Crippen LogP contribution in [0.1, 0.15) is 24.4 Å². The molecule has 0 heterocycles. The maximum absolute atomic E-state index is 13.4. The maximum atomic E-state index is 13.4. The van der Waals surface area contributed by atoms with E-state index < -0.39 is 11.6 Å². The molecule has 1 N–H and O–H groups in total. The Morgan fingerprint density at radius 3 is 2.73 bits per heavy atom.